The Morgan fingerprint density at radius 2 is 2.04 bits per heavy atom. The van der Waals surface area contributed by atoms with Gasteiger partial charge in [0.05, 0.1) is 12.7 Å². The fraction of sp³-hybridized carbons (Fsp3) is 0.579. The quantitative estimate of drug-likeness (QED) is 0.663. The molecule has 133 valence electrons. The van der Waals surface area contributed by atoms with Crippen LogP contribution in [0.5, 0.6) is 0 Å². The maximum atomic E-state index is 11.8. The molecule has 2 rings (SSSR count). The molecule has 1 fully saturated rings. The number of carbonyl (C=O) groups excluding carboxylic acids is 1. The van der Waals surface area contributed by atoms with Crippen molar-refractivity contribution < 1.29 is 9.53 Å². The molecule has 1 saturated heterocycles. The van der Waals surface area contributed by atoms with Crippen molar-refractivity contribution in [2.24, 2.45) is 0 Å². The van der Waals surface area contributed by atoms with E-state index in [1.165, 1.54) is 13.0 Å². The lowest BCUT2D eigenvalue weighted by molar-refractivity contribution is 0.0600. The molecule has 0 spiro atoms. The molecule has 1 aliphatic rings. The van der Waals surface area contributed by atoms with E-state index in [4.69, 9.17) is 10.5 Å². The summed E-state index contributed by atoms with van der Waals surface area (Å²) in [5, 5.41) is 0. The molecule has 1 heterocycles. The largest absolute Gasteiger partial charge is 0.465 e. The third-order valence-corrected chi connectivity index (χ3v) is 4.74. The van der Waals surface area contributed by atoms with E-state index in [-0.39, 0.29) is 5.97 Å². The van der Waals surface area contributed by atoms with Crippen molar-refractivity contribution in [3.63, 3.8) is 0 Å². The van der Waals surface area contributed by atoms with Gasteiger partial charge in [-0.3, -0.25) is 9.80 Å². The summed E-state index contributed by atoms with van der Waals surface area (Å²) >= 11 is 0. The van der Waals surface area contributed by atoms with E-state index in [1.807, 2.05) is 13.0 Å². The molecule has 0 amide bonds. The highest BCUT2D eigenvalue weighted by molar-refractivity contribution is 5.91. The third-order valence-electron chi connectivity index (χ3n) is 4.74. The zero-order chi connectivity index (χ0) is 17.9. The van der Waals surface area contributed by atoms with Gasteiger partial charge in [0, 0.05) is 44.5 Å². The fourth-order valence-corrected chi connectivity index (χ4v) is 3.30. The maximum absolute atomic E-state index is 11.8. The van der Waals surface area contributed by atoms with Gasteiger partial charge in [0.1, 0.15) is 0 Å². The number of ether oxygens (including phenoxy) is 1. The van der Waals surface area contributed by atoms with Gasteiger partial charge in [-0.2, -0.15) is 0 Å². The normalized spacial score (nSPS) is 19.7. The van der Waals surface area contributed by atoms with Gasteiger partial charge in [0.15, 0.2) is 0 Å². The summed E-state index contributed by atoms with van der Waals surface area (Å²) in [5.74, 6) is 1.11. The minimum absolute atomic E-state index is 0.338. The molecule has 2 N–H and O–H groups in total. The Labute approximate surface area is 145 Å². The predicted octanol–water partition coefficient (Wildman–Crippen LogP) is 2.48. The summed E-state index contributed by atoms with van der Waals surface area (Å²) in [5.41, 5.74) is 9.42. The van der Waals surface area contributed by atoms with Crippen LogP contribution in [0.15, 0.2) is 12.1 Å². The van der Waals surface area contributed by atoms with Crippen LogP contribution in [-0.2, 0) is 11.3 Å². The minimum Gasteiger partial charge on any atom is -0.465 e. The highest BCUT2D eigenvalue weighted by atomic mass is 16.5. The lowest BCUT2D eigenvalue weighted by atomic mass is 10.0. The molecular weight excluding hydrogens is 302 g/mol. The number of carbonyl (C=O) groups is 1. The van der Waals surface area contributed by atoms with Crippen LogP contribution in [0.25, 0.3) is 0 Å². The van der Waals surface area contributed by atoms with Crippen molar-refractivity contribution in [1.29, 1.82) is 0 Å². The third kappa shape index (κ3) is 4.48. The van der Waals surface area contributed by atoms with Gasteiger partial charge in [0.2, 0.25) is 0 Å². The number of hydrogen-bond acceptors (Lipinski definition) is 5. The van der Waals surface area contributed by atoms with Crippen LogP contribution in [0.2, 0.25) is 0 Å². The number of methoxy groups -OCH3 is 1. The highest BCUT2D eigenvalue weighted by Crippen LogP contribution is 2.23. The van der Waals surface area contributed by atoms with Crippen LogP contribution >= 0.6 is 0 Å². The summed E-state index contributed by atoms with van der Waals surface area (Å²) < 4.78 is 4.83. The topological polar surface area (TPSA) is 58.8 Å². The predicted molar refractivity (Wildman–Crippen MR) is 97.8 cm³/mol. The maximum Gasteiger partial charge on any atom is 0.337 e. The lowest BCUT2D eigenvalue weighted by Crippen LogP contribution is -2.52. The second-order valence-electron chi connectivity index (χ2n) is 7.10. The van der Waals surface area contributed by atoms with Crippen molar-refractivity contribution >= 4 is 11.7 Å². The average Bonchev–Trinajstić information content (AvgIpc) is 2.53. The van der Waals surface area contributed by atoms with Crippen LogP contribution in [-0.4, -0.2) is 55.1 Å². The summed E-state index contributed by atoms with van der Waals surface area (Å²) in [6.07, 6.45) is 0. The molecule has 1 aliphatic heterocycles. The number of nitrogens with zero attached hydrogens (tertiary/aromatic N) is 2. The molecule has 0 bridgehead atoms. The van der Waals surface area contributed by atoms with Crippen molar-refractivity contribution in [3.05, 3.63) is 34.7 Å². The van der Waals surface area contributed by atoms with Gasteiger partial charge >= 0.3 is 5.97 Å². The van der Waals surface area contributed by atoms with E-state index in [9.17, 15) is 4.79 Å². The molecule has 5 nitrogen and oxygen atoms in total. The van der Waals surface area contributed by atoms with Gasteiger partial charge in [-0.15, -0.1) is 0 Å². The molecule has 1 radical (unpaired) electrons. The van der Waals surface area contributed by atoms with Gasteiger partial charge in [-0.1, -0.05) is 13.8 Å². The molecule has 1 atom stereocenters. The molecule has 0 aromatic heterocycles. The summed E-state index contributed by atoms with van der Waals surface area (Å²) in [6, 6.07) is 4.14. The van der Waals surface area contributed by atoms with Crippen molar-refractivity contribution in [3.8, 4) is 0 Å². The molecular formula is C19H30N3O2. The number of nitrogens with two attached hydrogens (primary N) is 1. The van der Waals surface area contributed by atoms with E-state index in [2.05, 4.69) is 30.6 Å². The molecule has 0 saturated carbocycles. The van der Waals surface area contributed by atoms with Gasteiger partial charge < -0.3 is 10.5 Å². The van der Waals surface area contributed by atoms with Crippen molar-refractivity contribution in [1.82, 2.24) is 9.80 Å². The molecule has 1 aromatic rings. The van der Waals surface area contributed by atoms with Gasteiger partial charge in [-0.05, 0) is 43.0 Å². The second kappa shape index (κ2) is 7.99. The Kier molecular flexibility index (Phi) is 6.24. The van der Waals surface area contributed by atoms with Crippen LogP contribution in [0.4, 0.5) is 5.69 Å². The fourth-order valence-electron chi connectivity index (χ4n) is 3.30. The van der Waals surface area contributed by atoms with E-state index < -0.39 is 0 Å². The Bertz CT molecular complexity index is 586. The zero-order valence-corrected chi connectivity index (χ0v) is 15.6. The number of anilines is 1. The zero-order valence-electron chi connectivity index (χ0n) is 15.6. The Morgan fingerprint density at radius 3 is 2.62 bits per heavy atom. The van der Waals surface area contributed by atoms with E-state index in [0.717, 1.165) is 43.9 Å². The minimum atomic E-state index is -0.338. The molecule has 1 aromatic carbocycles. The van der Waals surface area contributed by atoms with Crippen LogP contribution < -0.4 is 5.73 Å². The van der Waals surface area contributed by atoms with E-state index in [1.54, 1.807) is 6.07 Å². The molecule has 5 heteroatoms. The van der Waals surface area contributed by atoms with Gasteiger partial charge in [0.25, 0.3) is 0 Å². The first kappa shape index (κ1) is 18.7. The molecule has 24 heavy (non-hydrogen) atoms. The number of piperazine rings is 1. The lowest BCUT2D eigenvalue weighted by Gasteiger charge is -2.40. The summed E-state index contributed by atoms with van der Waals surface area (Å²) in [7, 11) is 1.39. The average molecular weight is 332 g/mol. The monoisotopic (exact) mass is 332 g/mol. The number of nitrogen functional groups attached to an aromatic ring is 1. The number of esters is 1. The van der Waals surface area contributed by atoms with Crippen LogP contribution in [0.1, 0.15) is 42.3 Å². The van der Waals surface area contributed by atoms with E-state index in [0.29, 0.717) is 17.3 Å². The van der Waals surface area contributed by atoms with Crippen molar-refractivity contribution in [2.75, 3.05) is 39.0 Å². The number of rotatable bonds is 5. The number of benzene rings is 1. The van der Waals surface area contributed by atoms with E-state index >= 15 is 0 Å². The Balaban J connectivity index is 2.09. The first-order chi connectivity index (χ1) is 11.3. The molecule has 0 aliphatic carbocycles. The Hall–Kier alpha value is -1.59. The van der Waals surface area contributed by atoms with Crippen molar-refractivity contribution in [2.45, 2.75) is 40.3 Å². The standard InChI is InChI=1S/C19H30N3O2/c1-13(2)10-22-7-6-21(11-14(22)3)12-17-8-16(19(23)24-5)9-18(20)15(17)4/h8-9,14H,6-7,10-12,20H2,1-5H3/t14-/m0/s1. The number of hydrogen-bond donors (Lipinski definition) is 1. The summed E-state index contributed by atoms with van der Waals surface area (Å²) in [6.45, 7) is 13.7. The van der Waals surface area contributed by atoms with Crippen LogP contribution in [0.3, 0.4) is 0 Å². The SMILES string of the molecule is COC(=O)c1cc(N)c(C)c(CN2CCN(C[C](C)C)[C@@H](C)C2)c1. The molecule has 0 unspecified atom stereocenters. The van der Waals surface area contributed by atoms with Gasteiger partial charge in [-0.25, -0.2) is 4.79 Å². The first-order valence-electron chi connectivity index (χ1n) is 8.54. The Morgan fingerprint density at radius 1 is 1.33 bits per heavy atom. The first-order valence-corrected chi connectivity index (χ1v) is 8.54. The summed E-state index contributed by atoms with van der Waals surface area (Å²) in [4.78, 5) is 16.8. The highest BCUT2D eigenvalue weighted by Gasteiger charge is 2.24. The second-order valence-corrected chi connectivity index (χ2v) is 7.10. The van der Waals surface area contributed by atoms with Crippen LogP contribution in [0, 0.1) is 12.8 Å². The smallest absolute Gasteiger partial charge is 0.337 e.